The Bertz CT molecular complexity index is 1280. The Labute approximate surface area is 265 Å². The van der Waals surface area contributed by atoms with Gasteiger partial charge in [0.2, 0.25) is 0 Å². The Morgan fingerprint density at radius 2 is 1.60 bits per heavy atom. The number of unbranched alkanes of at least 4 members (excludes halogenated alkanes) is 3. The third kappa shape index (κ3) is 11.4. The number of allylic oxidation sites excluding steroid dienone is 2. The van der Waals surface area contributed by atoms with Crippen molar-refractivity contribution in [2.75, 3.05) is 32.0 Å². The molecule has 252 valence electrons. The van der Waals surface area contributed by atoms with Gasteiger partial charge in [-0.1, -0.05) is 38.0 Å². The summed E-state index contributed by atoms with van der Waals surface area (Å²) >= 11 is 0. The van der Waals surface area contributed by atoms with Crippen LogP contribution in [0.4, 0.5) is 22.0 Å². The summed E-state index contributed by atoms with van der Waals surface area (Å²) in [5, 5.41) is 28.9. The number of nitrogens with zero attached hydrogens (tertiary/aromatic N) is 1. The van der Waals surface area contributed by atoms with E-state index in [4.69, 9.17) is 0 Å². The Kier molecular flexibility index (Phi) is 14.3. The van der Waals surface area contributed by atoms with E-state index in [1.165, 1.54) is 18.1 Å². The van der Waals surface area contributed by atoms with Crippen molar-refractivity contribution in [3.05, 3.63) is 59.2 Å². The van der Waals surface area contributed by atoms with Crippen molar-refractivity contribution in [2.45, 2.75) is 94.9 Å². The maximum atomic E-state index is 13.2. The van der Waals surface area contributed by atoms with Gasteiger partial charge in [-0.3, -0.25) is 4.21 Å². The van der Waals surface area contributed by atoms with Crippen LogP contribution in [0, 0.1) is 0 Å². The number of hydrogen-bond donors (Lipinski definition) is 3. The molecule has 0 saturated heterocycles. The van der Waals surface area contributed by atoms with E-state index in [1.54, 1.807) is 18.2 Å². The molecule has 0 spiro atoms. The number of phenolic OH excluding ortho intramolecular Hbond substituents is 2. The lowest BCUT2D eigenvalue weighted by Gasteiger charge is -2.22. The molecular formula is C34H46F5NO4S. The van der Waals surface area contributed by atoms with E-state index >= 15 is 0 Å². The number of aryl methyl sites for hydroxylation is 1. The maximum absolute atomic E-state index is 13.2. The van der Waals surface area contributed by atoms with Crippen molar-refractivity contribution in [3.63, 3.8) is 0 Å². The van der Waals surface area contributed by atoms with Crippen molar-refractivity contribution >= 4 is 21.9 Å². The smallest absolute Gasteiger partial charge is 0.453 e. The fourth-order valence-corrected chi connectivity index (χ4v) is 7.10. The molecule has 2 aromatic rings. The predicted octanol–water partition coefficient (Wildman–Crippen LogP) is 8.09. The topological polar surface area (TPSA) is 81.0 Å². The molecule has 1 aliphatic carbocycles. The molecular weight excluding hydrogens is 613 g/mol. The summed E-state index contributed by atoms with van der Waals surface area (Å²) in [4.78, 5) is 2.07. The van der Waals surface area contributed by atoms with Crippen molar-refractivity contribution in [1.82, 2.24) is 4.90 Å². The second-order valence-corrected chi connectivity index (χ2v) is 13.9. The Hall–Kier alpha value is -2.50. The van der Waals surface area contributed by atoms with E-state index < -0.39 is 41.0 Å². The van der Waals surface area contributed by atoms with E-state index in [9.17, 15) is 41.5 Å². The zero-order valence-electron chi connectivity index (χ0n) is 25.9. The monoisotopic (exact) mass is 659 g/mol. The van der Waals surface area contributed by atoms with E-state index in [1.807, 2.05) is 24.3 Å². The van der Waals surface area contributed by atoms with Gasteiger partial charge in [-0.15, -0.1) is 0 Å². The third-order valence-corrected chi connectivity index (χ3v) is 10.3. The summed E-state index contributed by atoms with van der Waals surface area (Å²) in [6.45, 7) is 3.15. The van der Waals surface area contributed by atoms with Crippen LogP contribution in [0.25, 0.3) is 11.1 Å². The van der Waals surface area contributed by atoms with Gasteiger partial charge < -0.3 is 20.2 Å². The zero-order valence-corrected chi connectivity index (χ0v) is 26.7. The van der Waals surface area contributed by atoms with Gasteiger partial charge in [0, 0.05) is 34.8 Å². The fraction of sp³-hybridized carbons (Fsp3) is 0.588. The zero-order chi connectivity index (χ0) is 33.0. The van der Waals surface area contributed by atoms with E-state index in [-0.39, 0.29) is 23.9 Å². The minimum absolute atomic E-state index is 0.0348. The lowest BCUT2D eigenvalue weighted by Crippen LogP contribution is -2.37. The van der Waals surface area contributed by atoms with Crippen LogP contribution in [0.5, 0.6) is 11.5 Å². The Morgan fingerprint density at radius 3 is 2.31 bits per heavy atom. The number of rotatable bonds is 18. The molecule has 0 heterocycles. The number of aliphatic hydroxyl groups is 1. The van der Waals surface area contributed by atoms with Crippen LogP contribution in [-0.2, 0) is 17.2 Å². The molecule has 5 nitrogen and oxygen atoms in total. The first kappa shape index (κ1) is 37.0. The van der Waals surface area contributed by atoms with Gasteiger partial charge in [0.15, 0.2) is 0 Å². The average Bonchev–Trinajstić information content (AvgIpc) is 3.15. The van der Waals surface area contributed by atoms with Crippen LogP contribution in [0.15, 0.2) is 42.5 Å². The highest BCUT2D eigenvalue weighted by Gasteiger charge is 2.56. The Morgan fingerprint density at radius 1 is 0.889 bits per heavy atom. The largest absolute Gasteiger partial charge is 0.508 e. The van der Waals surface area contributed by atoms with Crippen molar-refractivity contribution in [1.29, 1.82) is 0 Å². The second kappa shape index (κ2) is 17.4. The summed E-state index contributed by atoms with van der Waals surface area (Å²) < 4.78 is 76.1. The summed E-state index contributed by atoms with van der Waals surface area (Å²) in [5.74, 6) is -4.09. The van der Waals surface area contributed by atoms with Gasteiger partial charge in [-0.25, -0.2) is 0 Å². The molecule has 0 aliphatic heterocycles. The molecule has 0 fully saturated rings. The van der Waals surface area contributed by atoms with Crippen molar-refractivity contribution in [2.24, 2.45) is 0 Å². The predicted molar refractivity (Wildman–Crippen MR) is 170 cm³/mol. The molecule has 3 N–H and O–H groups in total. The van der Waals surface area contributed by atoms with Gasteiger partial charge in [0.05, 0.1) is 6.61 Å². The number of hydrogen-bond acceptors (Lipinski definition) is 5. The lowest BCUT2D eigenvalue weighted by molar-refractivity contribution is -0.284. The molecule has 45 heavy (non-hydrogen) atoms. The fourth-order valence-electron chi connectivity index (χ4n) is 5.91. The molecule has 0 bridgehead atoms. The SMILES string of the molecule is C[C@@H](CCC(F)(F)C(F)(F)F)S(=O)CCCN(CCO)CCCCCCC1=C(c2cccc(O)c2)CCCc2cc(O)ccc21. The van der Waals surface area contributed by atoms with Crippen LogP contribution < -0.4 is 0 Å². The molecule has 0 saturated carbocycles. The first-order chi connectivity index (χ1) is 21.3. The molecule has 3 rings (SSSR count). The average molecular weight is 660 g/mol. The highest BCUT2D eigenvalue weighted by Crippen LogP contribution is 2.41. The van der Waals surface area contributed by atoms with Crippen LogP contribution >= 0.6 is 0 Å². The van der Waals surface area contributed by atoms with E-state index in [0.29, 0.717) is 19.5 Å². The van der Waals surface area contributed by atoms with E-state index in [2.05, 4.69) is 4.90 Å². The lowest BCUT2D eigenvalue weighted by atomic mass is 9.89. The van der Waals surface area contributed by atoms with Crippen molar-refractivity contribution in [3.8, 4) is 11.5 Å². The van der Waals surface area contributed by atoms with E-state index in [0.717, 1.165) is 74.6 Å². The Balaban J connectivity index is 1.47. The van der Waals surface area contributed by atoms with Crippen LogP contribution in [0.3, 0.4) is 0 Å². The summed E-state index contributed by atoms with van der Waals surface area (Å²) in [7, 11) is -1.52. The molecule has 2 atom stereocenters. The number of phenols is 2. The highest BCUT2D eigenvalue weighted by atomic mass is 32.2. The molecule has 0 amide bonds. The van der Waals surface area contributed by atoms with Gasteiger partial charge in [0.1, 0.15) is 11.5 Å². The standard InChI is InChI=1S/C34H46F5NO4S/c1-25(16-17-33(35,36)34(37,38)39)45(44)22-8-19-40(20-21-41)18-5-3-2-4-12-32-30(26-9-6-11-28(42)23-26)13-7-10-27-24-29(43)14-15-31(27)32/h6,9,11,14-15,23-25,41-43H,2-5,7-8,10,12-13,16-22H2,1H3/t25-,45?/m0/s1. The van der Waals surface area contributed by atoms with Crippen LogP contribution in [0.1, 0.15) is 87.8 Å². The number of aromatic hydroxyl groups is 2. The molecule has 1 unspecified atom stereocenters. The summed E-state index contributed by atoms with van der Waals surface area (Å²) in [5.41, 5.74) is 5.78. The normalized spacial score (nSPS) is 15.6. The molecule has 0 radical (unpaired) electrons. The molecule has 11 heteroatoms. The van der Waals surface area contributed by atoms with Crippen LogP contribution in [-0.4, -0.2) is 73.8 Å². The minimum Gasteiger partial charge on any atom is -0.508 e. The molecule has 1 aliphatic rings. The van der Waals surface area contributed by atoms with Gasteiger partial charge >= 0.3 is 12.1 Å². The summed E-state index contributed by atoms with van der Waals surface area (Å²) in [6.07, 6.45) is 0.433. The van der Waals surface area contributed by atoms with Gasteiger partial charge in [0.25, 0.3) is 0 Å². The third-order valence-electron chi connectivity index (χ3n) is 8.46. The first-order valence-electron chi connectivity index (χ1n) is 15.8. The molecule has 0 aromatic heterocycles. The number of aliphatic hydroxyl groups excluding tert-OH is 1. The highest BCUT2D eigenvalue weighted by molar-refractivity contribution is 7.85. The van der Waals surface area contributed by atoms with Gasteiger partial charge in [-0.2, -0.15) is 22.0 Å². The minimum atomic E-state index is -5.60. The quantitative estimate of drug-likeness (QED) is 0.111. The van der Waals surface area contributed by atoms with Crippen molar-refractivity contribution < 1.29 is 41.5 Å². The summed E-state index contributed by atoms with van der Waals surface area (Å²) in [6, 6.07) is 12.9. The van der Waals surface area contributed by atoms with Gasteiger partial charge in [-0.05, 0) is 117 Å². The number of halogens is 5. The number of fused-ring (bicyclic) bond motifs is 1. The molecule has 2 aromatic carbocycles. The number of benzene rings is 2. The second-order valence-electron chi connectivity index (χ2n) is 11.9. The van der Waals surface area contributed by atoms with Crippen LogP contribution in [0.2, 0.25) is 0 Å². The maximum Gasteiger partial charge on any atom is 0.453 e. The first-order valence-corrected chi connectivity index (χ1v) is 17.2. The number of alkyl halides is 5.